The van der Waals surface area contributed by atoms with Gasteiger partial charge < -0.3 is 11.1 Å². The number of para-hydroxylation sites is 1. The lowest BCUT2D eigenvalue weighted by molar-refractivity contribution is 0.364. The van der Waals surface area contributed by atoms with E-state index < -0.39 is 0 Å². The summed E-state index contributed by atoms with van der Waals surface area (Å²) in [5.41, 5.74) is 6.66. The van der Waals surface area contributed by atoms with Crippen LogP contribution in [0.15, 0.2) is 30.3 Å². The van der Waals surface area contributed by atoms with Gasteiger partial charge in [-0.15, -0.1) is 0 Å². The SMILES string of the molecule is CC(C)(CCN)CNc1nnnn1-c1ccccc1. The molecule has 19 heavy (non-hydrogen) atoms. The molecule has 0 amide bonds. The Morgan fingerprint density at radius 2 is 2.00 bits per heavy atom. The number of hydrogen-bond acceptors (Lipinski definition) is 5. The predicted molar refractivity (Wildman–Crippen MR) is 75.1 cm³/mol. The quantitative estimate of drug-likeness (QED) is 0.821. The fraction of sp³-hybridized carbons (Fsp3) is 0.462. The first-order chi connectivity index (χ1) is 9.12. The molecule has 2 rings (SSSR count). The van der Waals surface area contributed by atoms with Crippen molar-refractivity contribution in [3.05, 3.63) is 30.3 Å². The molecule has 0 unspecified atom stereocenters. The molecule has 0 aliphatic heterocycles. The minimum Gasteiger partial charge on any atom is -0.352 e. The molecule has 6 nitrogen and oxygen atoms in total. The predicted octanol–water partition coefficient (Wildman–Crippen LogP) is 1.45. The van der Waals surface area contributed by atoms with Crippen LogP contribution in [0.25, 0.3) is 5.69 Å². The van der Waals surface area contributed by atoms with Crippen LogP contribution in [-0.2, 0) is 0 Å². The van der Waals surface area contributed by atoms with E-state index in [-0.39, 0.29) is 5.41 Å². The molecule has 0 bridgehead atoms. The molecule has 0 saturated heterocycles. The standard InChI is InChI=1S/C13H20N6/c1-13(2,8-9-14)10-15-12-16-17-18-19(12)11-6-4-3-5-7-11/h3-7H,8-10,14H2,1-2H3,(H,15,16,18). The molecule has 102 valence electrons. The second kappa shape index (κ2) is 5.79. The number of nitrogens with one attached hydrogen (secondary N) is 1. The summed E-state index contributed by atoms with van der Waals surface area (Å²) in [6.45, 7) is 5.79. The van der Waals surface area contributed by atoms with Crippen molar-refractivity contribution in [3.8, 4) is 5.69 Å². The lowest BCUT2D eigenvalue weighted by Crippen LogP contribution is -2.27. The number of tetrazole rings is 1. The Labute approximate surface area is 113 Å². The number of aromatic nitrogens is 4. The first-order valence-electron chi connectivity index (χ1n) is 6.40. The molecule has 0 atom stereocenters. The van der Waals surface area contributed by atoms with Crippen LogP contribution in [0.4, 0.5) is 5.95 Å². The van der Waals surface area contributed by atoms with Gasteiger partial charge >= 0.3 is 0 Å². The molecule has 0 saturated carbocycles. The van der Waals surface area contributed by atoms with Gasteiger partial charge in [-0.1, -0.05) is 37.1 Å². The van der Waals surface area contributed by atoms with E-state index in [2.05, 4.69) is 34.7 Å². The molecule has 0 aliphatic carbocycles. The Morgan fingerprint density at radius 1 is 1.26 bits per heavy atom. The molecule has 0 aliphatic rings. The van der Waals surface area contributed by atoms with E-state index >= 15 is 0 Å². The number of nitrogens with zero attached hydrogens (tertiary/aromatic N) is 4. The van der Waals surface area contributed by atoms with Gasteiger partial charge in [0.2, 0.25) is 5.95 Å². The van der Waals surface area contributed by atoms with Crippen molar-refractivity contribution in [2.24, 2.45) is 11.1 Å². The summed E-state index contributed by atoms with van der Waals surface area (Å²) in [5.74, 6) is 0.649. The average Bonchev–Trinajstić information content (AvgIpc) is 2.86. The van der Waals surface area contributed by atoms with Crippen LogP contribution in [0.3, 0.4) is 0 Å². The van der Waals surface area contributed by atoms with Gasteiger partial charge in [0.05, 0.1) is 5.69 Å². The highest BCUT2D eigenvalue weighted by Gasteiger charge is 2.18. The van der Waals surface area contributed by atoms with E-state index in [1.807, 2.05) is 30.3 Å². The maximum Gasteiger partial charge on any atom is 0.247 e. The summed E-state index contributed by atoms with van der Waals surface area (Å²) in [6.07, 6.45) is 0.951. The van der Waals surface area contributed by atoms with Gasteiger partial charge in [-0.25, -0.2) is 0 Å². The summed E-state index contributed by atoms with van der Waals surface area (Å²) >= 11 is 0. The van der Waals surface area contributed by atoms with Crippen LogP contribution >= 0.6 is 0 Å². The number of hydrogen-bond donors (Lipinski definition) is 2. The largest absolute Gasteiger partial charge is 0.352 e. The molecule has 0 spiro atoms. The molecule has 1 aromatic heterocycles. The fourth-order valence-electron chi connectivity index (χ4n) is 1.84. The van der Waals surface area contributed by atoms with Crippen molar-refractivity contribution in [1.29, 1.82) is 0 Å². The molecule has 1 aromatic carbocycles. The summed E-state index contributed by atoms with van der Waals surface area (Å²) in [7, 11) is 0. The van der Waals surface area contributed by atoms with Crippen LogP contribution in [-0.4, -0.2) is 33.3 Å². The number of nitrogens with two attached hydrogens (primary N) is 1. The molecule has 0 radical (unpaired) electrons. The van der Waals surface area contributed by atoms with E-state index in [9.17, 15) is 0 Å². The zero-order chi connectivity index (χ0) is 13.7. The first-order valence-corrected chi connectivity index (χ1v) is 6.40. The lowest BCUT2D eigenvalue weighted by atomic mass is 9.89. The summed E-state index contributed by atoms with van der Waals surface area (Å²) in [6, 6.07) is 9.81. The van der Waals surface area contributed by atoms with E-state index in [0.717, 1.165) is 18.7 Å². The summed E-state index contributed by atoms with van der Waals surface area (Å²) in [4.78, 5) is 0. The summed E-state index contributed by atoms with van der Waals surface area (Å²) < 4.78 is 1.69. The number of benzene rings is 1. The third kappa shape index (κ3) is 3.51. The third-order valence-electron chi connectivity index (χ3n) is 3.02. The van der Waals surface area contributed by atoms with Gasteiger partial charge in [0, 0.05) is 6.54 Å². The van der Waals surface area contributed by atoms with E-state index in [4.69, 9.17) is 5.73 Å². The fourth-order valence-corrected chi connectivity index (χ4v) is 1.84. The molecular formula is C13H20N6. The van der Waals surface area contributed by atoms with Crippen LogP contribution < -0.4 is 11.1 Å². The van der Waals surface area contributed by atoms with Gasteiger partial charge in [-0.05, 0) is 40.9 Å². The monoisotopic (exact) mass is 260 g/mol. The highest BCUT2D eigenvalue weighted by molar-refractivity contribution is 5.38. The van der Waals surface area contributed by atoms with Crippen LogP contribution in [0, 0.1) is 5.41 Å². The Kier molecular flexibility index (Phi) is 4.11. The molecule has 2 aromatic rings. The smallest absolute Gasteiger partial charge is 0.247 e. The normalized spacial score (nSPS) is 11.5. The minimum absolute atomic E-state index is 0.113. The second-order valence-electron chi connectivity index (χ2n) is 5.31. The van der Waals surface area contributed by atoms with Crippen molar-refractivity contribution in [2.75, 3.05) is 18.4 Å². The molecule has 0 fully saturated rings. The zero-order valence-corrected chi connectivity index (χ0v) is 11.4. The highest BCUT2D eigenvalue weighted by Crippen LogP contribution is 2.20. The number of anilines is 1. The van der Waals surface area contributed by atoms with Crippen LogP contribution in [0.5, 0.6) is 0 Å². The first kappa shape index (κ1) is 13.5. The third-order valence-corrected chi connectivity index (χ3v) is 3.02. The summed E-state index contributed by atoms with van der Waals surface area (Å²) in [5, 5.41) is 15.0. The Morgan fingerprint density at radius 3 is 2.68 bits per heavy atom. The number of rotatable bonds is 6. The van der Waals surface area contributed by atoms with Crippen molar-refractivity contribution in [2.45, 2.75) is 20.3 Å². The van der Waals surface area contributed by atoms with Crippen LogP contribution in [0.1, 0.15) is 20.3 Å². The minimum atomic E-state index is 0.113. The molecular weight excluding hydrogens is 240 g/mol. The average molecular weight is 260 g/mol. The Bertz CT molecular complexity index is 505. The van der Waals surface area contributed by atoms with Crippen LogP contribution in [0.2, 0.25) is 0 Å². The van der Waals surface area contributed by atoms with Gasteiger partial charge in [0.1, 0.15) is 0 Å². The van der Waals surface area contributed by atoms with Gasteiger partial charge in [-0.3, -0.25) is 0 Å². The van der Waals surface area contributed by atoms with Gasteiger partial charge in [-0.2, -0.15) is 4.68 Å². The zero-order valence-electron chi connectivity index (χ0n) is 11.4. The maximum absolute atomic E-state index is 5.61. The van der Waals surface area contributed by atoms with E-state index in [1.165, 1.54) is 0 Å². The molecule has 6 heteroatoms. The second-order valence-corrected chi connectivity index (χ2v) is 5.31. The van der Waals surface area contributed by atoms with Gasteiger partial charge in [0.25, 0.3) is 0 Å². The van der Waals surface area contributed by atoms with Crippen molar-refractivity contribution in [1.82, 2.24) is 20.2 Å². The Hall–Kier alpha value is -1.95. The molecule has 3 N–H and O–H groups in total. The van der Waals surface area contributed by atoms with Crippen molar-refractivity contribution in [3.63, 3.8) is 0 Å². The van der Waals surface area contributed by atoms with E-state index in [1.54, 1.807) is 4.68 Å². The van der Waals surface area contributed by atoms with Crippen molar-refractivity contribution < 1.29 is 0 Å². The Balaban J connectivity index is 2.09. The molecule has 1 heterocycles. The highest BCUT2D eigenvalue weighted by atomic mass is 15.6. The van der Waals surface area contributed by atoms with Gasteiger partial charge in [0.15, 0.2) is 0 Å². The topological polar surface area (TPSA) is 81.7 Å². The lowest BCUT2D eigenvalue weighted by Gasteiger charge is -2.24. The maximum atomic E-state index is 5.61. The van der Waals surface area contributed by atoms with E-state index in [0.29, 0.717) is 12.5 Å². The van der Waals surface area contributed by atoms with Crippen molar-refractivity contribution >= 4 is 5.95 Å².